The number of carbonyl (C=O) groups is 1. The molecule has 5 heteroatoms. The topological polar surface area (TPSA) is 26.3 Å². The molecule has 0 bridgehead atoms. The molecule has 32 heavy (non-hydrogen) atoms. The molecule has 2 nitrogen and oxygen atoms in total. The van der Waals surface area contributed by atoms with Gasteiger partial charge in [-0.25, -0.2) is 4.79 Å². The minimum Gasteiger partial charge on any atom is -0.465 e. The molecule has 0 saturated heterocycles. The van der Waals surface area contributed by atoms with Crippen molar-refractivity contribution in [3.05, 3.63) is 119 Å². The van der Waals surface area contributed by atoms with E-state index in [9.17, 15) is 4.79 Å². The third-order valence-corrected chi connectivity index (χ3v) is 8.85. The summed E-state index contributed by atoms with van der Waals surface area (Å²) in [5.41, 5.74) is 1.49. The number of halogens is 1. The van der Waals surface area contributed by atoms with Crippen LogP contribution >= 0.6 is 36.5 Å². The first-order valence-corrected chi connectivity index (χ1v) is 12.6. The highest BCUT2D eigenvalue weighted by Gasteiger charge is 2.15. The summed E-state index contributed by atoms with van der Waals surface area (Å²) in [7, 11) is 0.913. The Bertz CT molecular complexity index is 1040. The van der Waals surface area contributed by atoms with Crippen LogP contribution < -0.4 is 15.9 Å². The van der Waals surface area contributed by atoms with Crippen LogP contribution in [0.15, 0.2) is 112 Å². The Balaban J connectivity index is 0.000000195. The van der Waals surface area contributed by atoms with E-state index in [1.165, 1.54) is 23.0 Å². The lowest BCUT2D eigenvalue weighted by molar-refractivity contribution is 0.0600. The zero-order valence-electron chi connectivity index (χ0n) is 17.9. The Morgan fingerprint density at radius 3 is 1.53 bits per heavy atom. The van der Waals surface area contributed by atoms with Crippen LogP contribution in [0.5, 0.6) is 0 Å². The number of hydrogen-bond acceptors (Lipinski definition) is 3. The van der Waals surface area contributed by atoms with Crippen molar-refractivity contribution in [3.8, 4) is 0 Å². The van der Waals surface area contributed by atoms with Crippen LogP contribution in [0.3, 0.4) is 0 Å². The average Bonchev–Trinajstić information content (AvgIpc) is 2.84. The Labute approximate surface area is 205 Å². The van der Waals surface area contributed by atoms with Crippen molar-refractivity contribution in [2.24, 2.45) is 0 Å². The monoisotopic (exact) mass is 522 g/mol. The van der Waals surface area contributed by atoms with Crippen LogP contribution in [0.1, 0.15) is 15.9 Å². The molecule has 0 N–H and O–H groups in total. The normalized spacial score (nSPS) is 10.3. The molecule has 0 fully saturated rings. The molecule has 0 atom stereocenters. The van der Waals surface area contributed by atoms with Gasteiger partial charge in [0.05, 0.1) is 12.7 Å². The number of carbonyl (C=O) groups excluding carboxylic acids is 1. The number of benzene rings is 4. The molecule has 4 aromatic rings. The predicted molar refractivity (Wildman–Crippen MR) is 143 cm³/mol. The van der Waals surface area contributed by atoms with E-state index in [0.717, 1.165) is 14.9 Å². The van der Waals surface area contributed by atoms with Gasteiger partial charge in [-0.1, -0.05) is 91.0 Å². The van der Waals surface area contributed by atoms with Gasteiger partial charge in [0, 0.05) is 9.37 Å². The maximum absolute atomic E-state index is 11.2. The maximum Gasteiger partial charge on any atom is 0.337 e. The van der Waals surface area contributed by atoms with Crippen LogP contribution in [0.25, 0.3) is 0 Å². The van der Waals surface area contributed by atoms with E-state index in [1.807, 2.05) is 6.92 Å². The number of hydrogen-bond donors (Lipinski definition) is 1. The van der Waals surface area contributed by atoms with Crippen molar-refractivity contribution in [2.75, 3.05) is 7.11 Å². The summed E-state index contributed by atoms with van der Waals surface area (Å²) in [6.07, 6.45) is 0. The summed E-state index contributed by atoms with van der Waals surface area (Å²) in [6.45, 7) is 1.90. The number of methoxy groups -OCH3 is 1. The van der Waals surface area contributed by atoms with Crippen molar-refractivity contribution in [1.29, 1.82) is 0 Å². The Kier molecular flexibility index (Phi) is 9.11. The van der Waals surface area contributed by atoms with Gasteiger partial charge in [0.15, 0.2) is 0 Å². The molecule has 0 aliphatic rings. The van der Waals surface area contributed by atoms with Crippen LogP contribution in [-0.4, -0.2) is 13.1 Å². The second-order valence-electron chi connectivity index (χ2n) is 6.96. The SMILES string of the molecule is COC(=O)c1cc(C)c(Br)c(S)c1.c1ccc(P(c2ccccc2)c2ccccc2)cc1. The summed E-state index contributed by atoms with van der Waals surface area (Å²) < 4.78 is 5.50. The first-order valence-electron chi connectivity index (χ1n) is 10.0. The highest BCUT2D eigenvalue weighted by molar-refractivity contribution is 9.10. The Morgan fingerprint density at radius 1 is 0.781 bits per heavy atom. The summed E-state index contributed by atoms with van der Waals surface area (Å²) >= 11 is 7.57. The molecule has 0 aliphatic carbocycles. The lowest BCUT2D eigenvalue weighted by Crippen LogP contribution is -2.20. The van der Waals surface area contributed by atoms with Crippen LogP contribution in [0.2, 0.25) is 0 Å². The quantitative estimate of drug-likeness (QED) is 0.194. The second-order valence-corrected chi connectivity index (χ2v) is 10.5. The molecule has 0 aromatic heterocycles. The van der Waals surface area contributed by atoms with E-state index >= 15 is 0 Å². The zero-order valence-corrected chi connectivity index (χ0v) is 21.3. The molecule has 4 rings (SSSR count). The van der Waals surface area contributed by atoms with Gasteiger partial charge >= 0.3 is 5.97 Å². The van der Waals surface area contributed by atoms with Crippen LogP contribution in [0.4, 0.5) is 0 Å². The molecular formula is C27H24BrO2PS. The minimum atomic E-state index is -0.446. The maximum atomic E-state index is 11.2. The fourth-order valence-electron chi connectivity index (χ4n) is 3.17. The fourth-order valence-corrected chi connectivity index (χ4v) is 6.01. The van der Waals surface area contributed by atoms with Gasteiger partial charge in [-0.3, -0.25) is 0 Å². The summed E-state index contributed by atoms with van der Waals surface area (Å²) in [6, 6.07) is 35.8. The molecule has 0 unspecified atom stereocenters. The van der Waals surface area contributed by atoms with Crippen molar-refractivity contribution >= 4 is 58.4 Å². The van der Waals surface area contributed by atoms with Crippen LogP contribution in [0, 0.1) is 6.92 Å². The van der Waals surface area contributed by atoms with Gasteiger partial charge in [0.1, 0.15) is 0 Å². The largest absolute Gasteiger partial charge is 0.465 e. The third kappa shape index (κ3) is 6.32. The van der Waals surface area contributed by atoms with Crippen molar-refractivity contribution < 1.29 is 9.53 Å². The average molecular weight is 523 g/mol. The van der Waals surface area contributed by atoms with Gasteiger partial charge < -0.3 is 4.74 Å². The van der Waals surface area contributed by atoms with E-state index in [-0.39, 0.29) is 5.97 Å². The van der Waals surface area contributed by atoms with E-state index < -0.39 is 7.92 Å². The fraction of sp³-hybridized carbons (Fsp3) is 0.0741. The number of thiol groups is 1. The number of esters is 1. The first-order chi connectivity index (χ1) is 15.5. The standard InChI is InChI=1S/C18H15P.C9H9BrO2S/c1-4-10-16(11-5-1)19(17-12-6-2-7-13-17)18-14-8-3-9-15-18;1-5-3-6(9(11)12-2)4-7(13)8(5)10/h1-15H;3-4,13H,1-2H3. The molecule has 4 aromatic carbocycles. The van der Waals surface area contributed by atoms with Gasteiger partial charge in [0.25, 0.3) is 0 Å². The number of ether oxygens (including phenoxy) is 1. The van der Waals surface area contributed by atoms with E-state index in [1.54, 1.807) is 12.1 Å². The first kappa shape index (κ1) is 24.3. The van der Waals surface area contributed by atoms with Gasteiger partial charge in [-0.15, -0.1) is 12.6 Å². The Morgan fingerprint density at radius 2 is 1.19 bits per heavy atom. The molecule has 0 amide bonds. The second kappa shape index (κ2) is 12.0. The molecule has 0 radical (unpaired) electrons. The number of rotatable bonds is 4. The van der Waals surface area contributed by atoms with Crippen molar-refractivity contribution in [2.45, 2.75) is 11.8 Å². The molecule has 0 saturated carbocycles. The van der Waals surface area contributed by atoms with Crippen molar-refractivity contribution in [3.63, 3.8) is 0 Å². The van der Waals surface area contributed by atoms with Gasteiger partial charge in [-0.05, 0) is 64.4 Å². The van der Waals surface area contributed by atoms with E-state index in [4.69, 9.17) is 0 Å². The van der Waals surface area contributed by atoms with E-state index in [0.29, 0.717) is 5.56 Å². The number of aryl methyl sites for hydroxylation is 1. The van der Waals surface area contributed by atoms with Crippen LogP contribution in [-0.2, 0) is 4.74 Å². The lowest BCUT2D eigenvalue weighted by Gasteiger charge is -2.18. The smallest absolute Gasteiger partial charge is 0.337 e. The minimum absolute atomic E-state index is 0.342. The molecule has 0 spiro atoms. The van der Waals surface area contributed by atoms with Gasteiger partial charge in [0.2, 0.25) is 0 Å². The molecule has 0 heterocycles. The molecule has 162 valence electrons. The highest BCUT2D eigenvalue weighted by atomic mass is 79.9. The van der Waals surface area contributed by atoms with E-state index in [2.05, 4.69) is 124 Å². The Hall–Kier alpha value is -2.39. The molecular weight excluding hydrogens is 499 g/mol. The van der Waals surface area contributed by atoms with Gasteiger partial charge in [-0.2, -0.15) is 0 Å². The highest BCUT2D eigenvalue weighted by Crippen LogP contribution is 2.32. The summed E-state index contributed by atoms with van der Waals surface area (Å²) in [5, 5.41) is 4.19. The summed E-state index contributed by atoms with van der Waals surface area (Å²) in [4.78, 5) is 11.9. The summed E-state index contributed by atoms with van der Waals surface area (Å²) in [5.74, 6) is -0.342. The lowest BCUT2D eigenvalue weighted by atomic mass is 10.1. The zero-order chi connectivity index (χ0) is 22.9. The predicted octanol–water partition coefficient (Wildman–Crippen LogP) is 6.28. The van der Waals surface area contributed by atoms with Crippen molar-refractivity contribution in [1.82, 2.24) is 0 Å². The molecule has 0 aliphatic heterocycles. The third-order valence-electron chi connectivity index (χ3n) is 4.70.